The molecule has 1 amide bonds. The fraction of sp³-hybridized carbons (Fsp3) is 0.0556. The molecule has 0 spiro atoms. The Morgan fingerprint density at radius 1 is 1.25 bits per heavy atom. The molecule has 6 heteroatoms. The lowest BCUT2D eigenvalue weighted by atomic mass is 10.1. The molecule has 0 bridgehead atoms. The van der Waals surface area contributed by atoms with E-state index in [1.807, 2.05) is 30.3 Å². The molecule has 0 aliphatic heterocycles. The normalized spacial score (nSPS) is 11.0. The molecule has 120 valence electrons. The van der Waals surface area contributed by atoms with Crippen molar-refractivity contribution in [2.75, 3.05) is 5.32 Å². The number of carboxylic acid groups (broad SMARTS) is 1. The number of nitrogens with zero attached hydrogens (tertiary/aromatic N) is 1. The maximum atomic E-state index is 12.1. The Morgan fingerprint density at radius 2 is 2.04 bits per heavy atom. The van der Waals surface area contributed by atoms with Gasteiger partial charge in [0.05, 0.1) is 18.3 Å². The highest BCUT2D eigenvalue weighted by atomic mass is 16.4. The van der Waals surface area contributed by atoms with Crippen LogP contribution in [0.1, 0.15) is 11.1 Å². The molecule has 24 heavy (non-hydrogen) atoms. The van der Waals surface area contributed by atoms with Gasteiger partial charge in [-0.25, -0.2) is 9.78 Å². The second-order valence-electron chi connectivity index (χ2n) is 5.25. The number of amides is 1. The Hall–Kier alpha value is -3.41. The van der Waals surface area contributed by atoms with E-state index in [9.17, 15) is 9.59 Å². The van der Waals surface area contributed by atoms with Crippen LogP contribution in [0.5, 0.6) is 0 Å². The van der Waals surface area contributed by atoms with Crippen LogP contribution in [0.2, 0.25) is 0 Å². The molecule has 0 aliphatic carbocycles. The van der Waals surface area contributed by atoms with Crippen molar-refractivity contribution in [1.29, 1.82) is 0 Å². The van der Waals surface area contributed by atoms with Crippen LogP contribution < -0.4 is 5.32 Å². The molecule has 1 aromatic carbocycles. The molecule has 0 unspecified atom stereocenters. The van der Waals surface area contributed by atoms with Gasteiger partial charge >= 0.3 is 5.97 Å². The zero-order chi connectivity index (χ0) is 16.9. The Labute approximate surface area is 137 Å². The molecule has 6 nitrogen and oxygen atoms in total. The van der Waals surface area contributed by atoms with E-state index in [1.54, 1.807) is 18.5 Å². The second-order valence-corrected chi connectivity index (χ2v) is 5.25. The lowest BCUT2D eigenvalue weighted by molar-refractivity contribution is -0.131. The molecule has 2 heterocycles. The fourth-order valence-electron chi connectivity index (χ4n) is 2.38. The summed E-state index contributed by atoms with van der Waals surface area (Å²) in [7, 11) is 0. The van der Waals surface area contributed by atoms with Gasteiger partial charge in [-0.15, -0.1) is 0 Å². The van der Waals surface area contributed by atoms with Crippen LogP contribution >= 0.6 is 0 Å². The van der Waals surface area contributed by atoms with Crippen molar-refractivity contribution in [3.05, 3.63) is 66.0 Å². The molecule has 0 fully saturated rings. The number of anilines is 1. The Morgan fingerprint density at radius 3 is 2.79 bits per heavy atom. The third kappa shape index (κ3) is 3.67. The number of aliphatic carboxylic acids is 1. The van der Waals surface area contributed by atoms with Crippen LogP contribution in [0.15, 0.2) is 54.9 Å². The Bertz CT molecular complexity index is 914. The predicted molar refractivity (Wildman–Crippen MR) is 91.5 cm³/mol. The first-order valence-electron chi connectivity index (χ1n) is 7.34. The van der Waals surface area contributed by atoms with E-state index < -0.39 is 5.97 Å². The third-order valence-corrected chi connectivity index (χ3v) is 3.46. The number of hydrogen-bond donors (Lipinski definition) is 3. The Balaban J connectivity index is 1.78. The molecule has 3 aromatic rings. The quantitative estimate of drug-likeness (QED) is 0.630. The smallest absolute Gasteiger partial charge is 0.328 e. The molecular weight excluding hydrogens is 306 g/mol. The molecular formula is C18H15N3O3. The summed E-state index contributed by atoms with van der Waals surface area (Å²) in [6.45, 7) is 0. The zero-order valence-electron chi connectivity index (χ0n) is 12.7. The number of rotatable bonds is 5. The minimum Gasteiger partial charge on any atom is -0.478 e. The first-order chi connectivity index (χ1) is 11.6. The third-order valence-electron chi connectivity index (χ3n) is 3.46. The van der Waals surface area contributed by atoms with Gasteiger partial charge in [0.2, 0.25) is 5.91 Å². The van der Waals surface area contributed by atoms with Crippen LogP contribution in [0.25, 0.3) is 17.1 Å². The predicted octanol–water partition coefficient (Wildman–Crippen LogP) is 2.84. The van der Waals surface area contributed by atoms with Crippen molar-refractivity contribution in [1.82, 2.24) is 9.97 Å². The average Bonchev–Trinajstić information content (AvgIpc) is 2.96. The van der Waals surface area contributed by atoms with Crippen LogP contribution in [0.4, 0.5) is 5.69 Å². The summed E-state index contributed by atoms with van der Waals surface area (Å²) in [5, 5.41) is 12.3. The topological polar surface area (TPSA) is 95.1 Å². The molecule has 0 saturated heterocycles. The minimum absolute atomic E-state index is 0.138. The van der Waals surface area contributed by atoms with E-state index in [0.29, 0.717) is 16.9 Å². The first-order valence-corrected chi connectivity index (χ1v) is 7.34. The molecule has 0 saturated carbocycles. The largest absolute Gasteiger partial charge is 0.478 e. The second kappa shape index (κ2) is 6.78. The lowest BCUT2D eigenvalue weighted by Crippen LogP contribution is -2.14. The van der Waals surface area contributed by atoms with E-state index >= 15 is 0 Å². The zero-order valence-corrected chi connectivity index (χ0v) is 12.7. The van der Waals surface area contributed by atoms with Gasteiger partial charge in [0, 0.05) is 23.2 Å². The minimum atomic E-state index is -1.02. The van der Waals surface area contributed by atoms with Crippen molar-refractivity contribution in [2.24, 2.45) is 0 Å². The van der Waals surface area contributed by atoms with E-state index in [2.05, 4.69) is 15.3 Å². The van der Waals surface area contributed by atoms with E-state index in [-0.39, 0.29) is 12.3 Å². The van der Waals surface area contributed by atoms with Crippen LogP contribution in [-0.4, -0.2) is 27.0 Å². The van der Waals surface area contributed by atoms with E-state index in [0.717, 1.165) is 17.0 Å². The van der Waals surface area contributed by atoms with Crippen molar-refractivity contribution < 1.29 is 14.7 Å². The number of nitrogens with one attached hydrogen (secondary N) is 2. The first kappa shape index (κ1) is 15.5. The molecule has 0 atom stereocenters. The van der Waals surface area contributed by atoms with Gasteiger partial charge in [0.15, 0.2) is 0 Å². The van der Waals surface area contributed by atoms with Crippen molar-refractivity contribution in [3.63, 3.8) is 0 Å². The van der Waals surface area contributed by atoms with Crippen molar-refractivity contribution in [3.8, 4) is 0 Å². The summed E-state index contributed by atoms with van der Waals surface area (Å²) in [6.07, 6.45) is 6.05. The summed E-state index contributed by atoms with van der Waals surface area (Å²) in [5.74, 6) is -1.16. The van der Waals surface area contributed by atoms with Crippen LogP contribution in [-0.2, 0) is 16.0 Å². The average molecular weight is 321 g/mol. The monoisotopic (exact) mass is 321 g/mol. The number of carbonyl (C=O) groups excluding carboxylic acids is 1. The highest BCUT2D eigenvalue weighted by Crippen LogP contribution is 2.21. The van der Waals surface area contributed by atoms with Gasteiger partial charge in [-0.2, -0.15) is 0 Å². The number of hydrogen-bond acceptors (Lipinski definition) is 3. The summed E-state index contributed by atoms with van der Waals surface area (Å²) >= 11 is 0. The summed E-state index contributed by atoms with van der Waals surface area (Å²) in [6, 6.07) is 11.2. The molecule has 3 rings (SSSR count). The van der Waals surface area contributed by atoms with Gasteiger partial charge in [0.25, 0.3) is 0 Å². The van der Waals surface area contributed by atoms with Crippen LogP contribution in [0.3, 0.4) is 0 Å². The summed E-state index contributed by atoms with van der Waals surface area (Å²) < 4.78 is 0. The fourth-order valence-corrected chi connectivity index (χ4v) is 2.38. The molecule has 0 aliphatic rings. The van der Waals surface area contributed by atoms with Gasteiger partial charge in [-0.05, 0) is 17.7 Å². The number of aromatic nitrogens is 2. The number of carbonyl (C=O) groups is 2. The lowest BCUT2D eigenvalue weighted by Gasteiger charge is -2.05. The maximum absolute atomic E-state index is 12.1. The van der Waals surface area contributed by atoms with Crippen molar-refractivity contribution >= 4 is 34.7 Å². The summed E-state index contributed by atoms with van der Waals surface area (Å²) in [4.78, 5) is 30.0. The Kier molecular flexibility index (Phi) is 4.38. The van der Waals surface area contributed by atoms with Gasteiger partial charge in [-0.3, -0.25) is 4.79 Å². The van der Waals surface area contributed by atoms with E-state index in [1.165, 1.54) is 6.08 Å². The standard InChI is InChI=1S/C18H15N3O3/c22-16(8-12-4-2-1-3-5-12)21-14-9-15-13(6-7-17(23)24)10-19-18(15)20-11-14/h1-7,9-11H,8H2,(H,19,20)(H,21,22)(H,23,24). The number of pyridine rings is 1. The van der Waals surface area contributed by atoms with Gasteiger partial charge in [0.1, 0.15) is 5.65 Å². The van der Waals surface area contributed by atoms with Crippen molar-refractivity contribution in [2.45, 2.75) is 6.42 Å². The number of carboxylic acids is 1. The number of aromatic amines is 1. The van der Waals surface area contributed by atoms with E-state index in [4.69, 9.17) is 5.11 Å². The molecule has 0 radical (unpaired) electrons. The highest BCUT2D eigenvalue weighted by molar-refractivity contribution is 5.96. The molecule has 2 aromatic heterocycles. The molecule has 3 N–H and O–H groups in total. The number of fused-ring (bicyclic) bond motifs is 1. The highest BCUT2D eigenvalue weighted by Gasteiger charge is 2.08. The van der Waals surface area contributed by atoms with Gasteiger partial charge < -0.3 is 15.4 Å². The number of H-pyrrole nitrogens is 1. The van der Waals surface area contributed by atoms with Crippen LogP contribution in [0, 0.1) is 0 Å². The summed E-state index contributed by atoms with van der Waals surface area (Å²) in [5.41, 5.74) is 2.81. The van der Waals surface area contributed by atoms with Gasteiger partial charge in [-0.1, -0.05) is 30.3 Å². The maximum Gasteiger partial charge on any atom is 0.328 e. The SMILES string of the molecule is O=C(O)C=Cc1c[nH]c2ncc(NC(=O)Cc3ccccc3)cc12. The number of benzene rings is 1.